The number of Topliss-reactive ketones (excluding diaryl/α,β-unsaturated/α-hetero) is 1. The van der Waals surface area contributed by atoms with Crippen LogP contribution in [0.25, 0.3) is 21.0 Å². The molecule has 0 bridgehead atoms. The lowest BCUT2D eigenvalue weighted by Gasteiger charge is -2.12. The Bertz CT molecular complexity index is 1420. The average molecular weight is 515 g/mol. The van der Waals surface area contributed by atoms with Crippen LogP contribution in [0.1, 0.15) is 52.6 Å². The summed E-state index contributed by atoms with van der Waals surface area (Å²) >= 11 is 1.70. The maximum absolute atomic E-state index is 11.6. The number of carbonyl (C=O) groups is 3. The quantitative estimate of drug-likeness (QED) is 0.0999. The predicted octanol–water partition coefficient (Wildman–Crippen LogP) is 7.30. The second-order valence-electron chi connectivity index (χ2n) is 7.93. The van der Waals surface area contributed by atoms with Crippen molar-refractivity contribution in [1.29, 1.82) is 0 Å². The van der Waals surface area contributed by atoms with Crippen molar-refractivity contribution in [3.8, 4) is 0 Å². The minimum atomic E-state index is 0.0523. The van der Waals surface area contributed by atoms with Crippen LogP contribution in [0.3, 0.4) is 0 Å². The van der Waals surface area contributed by atoms with E-state index >= 15 is 0 Å². The number of aldehydes is 1. The summed E-state index contributed by atoms with van der Waals surface area (Å²) in [5, 5.41) is 7.26. The van der Waals surface area contributed by atoms with Crippen molar-refractivity contribution in [3.63, 3.8) is 0 Å². The molecule has 0 radical (unpaired) electrons. The van der Waals surface area contributed by atoms with Crippen molar-refractivity contribution in [2.75, 3.05) is 0 Å². The molecule has 2 aromatic carbocycles. The lowest BCUT2D eigenvalue weighted by Crippen LogP contribution is -2.26. The largest absolute Gasteiger partial charge is 0.348 e. The van der Waals surface area contributed by atoms with E-state index in [1.54, 1.807) is 30.4 Å². The van der Waals surface area contributed by atoms with Gasteiger partial charge in [-0.25, -0.2) is 0 Å². The third-order valence-electron chi connectivity index (χ3n) is 5.77. The molecule has 0 spiro atoms. The Kier molecular flexibility index (Phi) is 11.5. The molecule has 0 atom stereocenters. The number of aryl methyl sites for hydroxylation is 2. The maximum atomic E-state index is 11.6. The molecule has 192 valence electrons. The van der Waals surface area contributed by atoms with Gasteiger partial charge in [-0.05, 0) is 61.1 Å². The normalized spacial score (nSPS) is 11.4. The van der Waals surface area contributed by atoms with Gasteiger partial charge in [0.05, 0.1) is 0 Å². The number of allylic oxidation sites excluding steroid dienone is 3. The van der Waals surface area contributed by atoms with E-state index in [0.717, 1.165) is 34.9 Å². The number of nitrogens with zero attached hydrogens (tertiary/aromatic N) is 1. The highest BCUT2D eigenvalue weighted by atomic mass is 32.1. The summed E-state index contributed by atoms with van der Waals surface area (Å²) in [7, 11) is 0. The first-order valence-corrected chi connectivity index (χ1v) is 13.0. The first kappa shape index (κ1) is 29.2. The zero-order valence-electron chi connectivity index (χ0n) is 21.8. The van der Waals surface area contributed by atoms with Gasteiger partial charge in [-0.2, -0.15) is 0 Å². The fourth-order valence-corrected chi connectivity index (χ4v) is 5.12. The fourth-order valence-electron chi connectivity index (χ4n) is 4.13. The van der Waals surface area contributed by atoms with Crippen molar-refractivity contribution < 1.29 is 14.4 Å². The number of carbonyl (C=O) groups excluding carboxylic acids is 3. The summed E-state index contributed by atoms with van der Waals surface area (Å²) in [4.78, 5) is 32.5. The summed E-state index contributed by atoms with van der Waals surface area (Å²) in [5.41, 5.74) is 5.35. The molecule has 1 aliphatic rings. The van der Waals surface area contributed by atoms with Crippen LogP contribution >= 0.6 is 11.3 Å². The van der Waals surface area contributed by atoms with Gasteiger partial charge in [0.15, 0.2) is 5.78 Å². The molecule has 0 saturated carbocycles. The van der Waals surface area contributed by atoms with E-state index in [4.69, 9.17) is 0 Å². The molecule has 3 heterocycles. The molecule has 0 aliphatic carbocycles. The van der Waals surface area contributed by atoms with Gasteiger partial charge in [0, 0.05) is 51.4 Å². The zero-order chi connectivity index (χ0) is 27.4. The Morgan fingerprint density at radius 3 is 2.43 bits per heavy atom. The Morgan fingerprint density at radius 1 is 1.11 bits per heavy atom. The molecule has 5 rings (SSSR count). The van der Waals surface area contributed by atoms with Crippen molar-refractivity contribution in [2.45, 2.75) is 40.3 Å². The second kappa shape index (κ2) is 14.5. The lowest BCUT2D eigenvalue weighted by atomic mass is 10.0. The number of nitrogens with one attached hydrogen (secondary N) is 1. The minimum absolute atomic E-state index is 0.0523. The van der Waals surface area contributed by atoms with Crippen molar-refractivity contribution in [3.05, 3.63) is 108 Å². The molecule has 0 unspecified atom stereocenters. The maximum Gasteiger partial charge on any atom is 0.252 e. The standard InChI is InChI=1S/C14H17NO.C10H7NOS.C5H6O.C2H4/c1-4-11-9-15(5-2)13-8-6-7-12(10(3)16)14(11)13;12-10-7-2-1-3-8-9(7)6(4-11-10)5-13-8;1-2-3-4-5-6;1-2/h6-9H,4-5H2,1-3H3;1-3,5H,4H2,(H,11,12);2-5H,1H2;1-2H2/b;;4-3+;. The van der Waals surface area contributed by atoms with Gasteiger partial charge in [-0.1, -0.05) is 43.9 Å². The Hall–Kier alpha value is -4.03. The molecular weight excluding hydrogens is 480 g/mol. The zero-order valence-corrected chi connectivity index (χ0v) is 22.6. The number of hydrogen-bond donors (Lipinski definition) is 1. The van der Waals surface area contributed by atoms with Crippen LogP contribution in [0.15, 0.2) is 85.9 Å². The number of fused-ring (bicyclic) bond motifs is 1. The molecule has 2 aromatic heterocycles. The highest BCUT2D eigenvalue weighted by molar-refractivity contribution is 7.17. The lowest BCUT2D eigenvalue weighted by molar-refractivity contribution is -0.104. The van der Waals surface area contributed by atoms with Crippen LogP contribution in [-0.2, 0) is 24.3 Å². The number of thiophene rings is 1. The van der Waals surface area contributed by atoms with Crippen LogP contribution in [0, 0.1) is 0 Å². The summed E-state index contributed by atoms with van der Waals surface area (Å²) in [6.07, 6.45) is 8.35. The highest BCUT2D eigenvalue weighted by Crippen LogP contribution is 2.31. The molecule has 5 nitrogen and oxygen atoms in total. The van der Waals surface area contributed by atoms with Crippen LogP contribution in [0.5, 0.6) is 0 Å². The topological polar surface area (TPSA) is 68.2 Å². The van der Waals surface area contributed by atoms with E-state index in [-0.39, 0.29) is 11.7 Å². The molecule has 0 saturated heterocycles. The van der Waals surface area contributed by atoms with Gasteiger partial charge in [0.25, 0.3) is 5.91 Å². The van der Waals surface area contributed by atoms with Crippen LogP contribution in [-0.4, -0.2) is 22.5 Å². The Morgan fingerprint density at radius 2 is 1.84 bits per heavy atom. The number of amides is 1. The van der Waals surface area contributed by atoms with E-state index in [2.05, 4.69) is 67.2 Å². The third kappa shape index (κ3) is 6.80. The summed E-state index contributed by atoms with van der Waals surface area (Å²) < 4.78 is 3.42. The summed E-state index contributed by atoms with van der Waals surface area (Å²) in [5.74, 6) is 0.200. The van der Waals surface area contributed by atoms with Crippen molar-refractivity contribution in [1.82, 2.24) is 9.88 Å². The molecule has 37 heavy (non-hydrogen) atoms. The van der Waals surface area contributed by atoms with E-state index in [1.165, 1.54) is 27.4 Å². The fraction of sp³-hybridized carbons (Fsp3) is 0.194. The monoisotopic (exact) mass is 514 g/mol. The molecule has 6 heteroatoms. The van der Waals surface area contributed by atoms with Gasteiger partial charge in [0.2, 0.25) is 0 Å². The van der Waals surface area contributed by atoms with Crippen molar-refractivity contribution >= 4 is 50.3 Å². The van der Waals surface area contributed by atoms with Crippen LogP contribution in [0.4, 0.5) is 0 Å². The van der Waals surface area contributed by atoms with Gasteiger partial charge in [-0.3, -0.25) is 14.4 Å². The number of hydrogen-bond acceptors (Lipinski definition) is 4. The molecule has 4 aromatic rings. The highest BCUT2D eigenvalue weighted by Gasteiger charge is 2.19. The van der Waals surface area contributed by atoms with Gasteiger partial charge < -0.3 is 9.88 Å². The SMILES string of the molecule is C=C.C=C/C=C/C=O.CCc1cn(CC)c2cccc(C(C)=O)c12.O=C1NCc2csc3cccc1c23. The van der Waals surface area contributed by atoms with Gasteiger partial charge in [-0.15, -0.1) is 24.5 Å². The van der Waals surface area contributed by atoms with Gasteiger partial charge >= 0.3 is 0 Å². The molecule has 1 aliphatic heterocycles. The molecule has 1 amide bonds. The Balaban J connectivity index is 0.000000206. The predicted molar refractivity (Wildman–Crippen MR) is 157 cm³/mol. The second-order valence-corrected chi connectivity index (χ2v) is 8.84. The van der Waals surface area contributed by atoms with Crippen LogP contribution in [0.2, 0.25) is 0 Å². The third-order valence-corrected chi connectivity index (χ3v) is 6.77. The molecular formula is C31H34N2O3S. The first-order valence-electron chi connectivity index (χ1n) is 12.1. The summed E-state index contributed by atoms with van der Waals surface area (Å²) in [6, 6.07) is 11.8. The molecule has 0 fully saturated rings. The van der Waals surface area contributed by atoms with E-state index in [9.17, 15) is 14.4 Å². The number of aromatic nitrogens is 1. The minimum Gasteiger partial charge on any atom is -0.348 e. The Labute approximate surface area is 222 Å². The number of ketones is 1. The van der Waals surface area contributed by atoms with Gasteiger partial charge in [0.1, 0.15) is 6.29 Å². The number of rotatable bonds is 5. The van der Waals surface area contributed by atoms with E-state index in [0.29, 0.717) is 12.8 Å². The summed E-state index contributed by atoms with van der Waals surface area (Å²) in [6.45, 7) is 16.9. The smallest absolute Gasteiger partial charge is 0.252 e. The van der Waals surface area contributed by atoms with Crippen LogP contribution < -0.4 is 5.32 Å². The number of benzene rings is 2. The van der Waals surface area contributed by atoms with E-state index in [1.807, 2.05) is 24.3 Å². The average Bonchev–Trinajstić information content (AvgIpc) is 3.53. The first-order chi connectivity index (χ1) is 18.0. The van der Waals surface area contributed by atoms with E-state index < -0.39 is 0 Å². The van der Waals surface area contributed by atoms with Crippen molar-refractivity contribution in [2.24, 2.45) is 0 Å². The molecule has 1 N–H and O–H groups in total.